The first-order valence-electron chi connectivity index (χ1n) is 9.78. The highest BCUT2D eigenvalue weighted by molar-refractivity contribution is 6.02. The fraction of sp³-hybridized carbons (Fsp3) is 0.120. The van der Waals surface area contributed by atoms with E-state index in [1.807, 2.05) is 68.4 Å². The molecule has 4 rings (SSSR count). The zero-order valence-corrected chi connectivity index (χ0v) is 17.0. The summed E-state index contributed by atoms with van der Waals surface area (Å²) in [5.41, 5.74) is 5.58. The van der Waals surface area contributed by atoms with Crippen LogP contribution in [-0.2, 0) is 6.73 Å². The van der Waals surface area contributed by atoms with Crippen LogP contribution in [0.25, 0.3) is 11.1 Å². The van der Waals surface area contributed by atoms with Gasteiger partial charge in [-0.05, 0) is 66.4 Å². The molecule has 0 aliphatic carbocycles. The lowest BCUT2D eigenvalue weighted by Crippen LogP contribution is -2.14. The number of nitrogens with one attached hydrogen (secondary N) is 1. The number of aryl methyl sites for hydroxylation is 2. The van der Waals surface area contributed by atoms with Gasteiger partial charge >= 0.3 is 0 Å². The van der Waals surface area contributed by atoms with Gasteiger partial charge in [0.25, 0.3) is 5.91 Å². The lowest BCUT2D eigenvalue weighted by Gasteiger charge is -2.08. The standard InChI is InChI=1S/C25H23N3O2/c1-18-14-19(2)16-23(15-18)30-17-28-13-12-24(27-28)25(29)26-22-10-8-21(9-11-22)20-6-4-3-5-7-20/h3-16H,17H2,1-2H3,(H,26,29). The monoisotopic (exact) mass is 397 g/mol. The molecule has 3 aromatic carbocycles. The Morgan fingerprint density at radius 1 is 0.900 bits per heavy atom. The Morgan fingerprint density at radius 2 is 1.57 bits per heavy atom. The van der Waals surface area contributed by atoms with Crippen LogP contribution in [0.4, 0.5) is 5.69 Å². The molecule has 30 heavy (non-hydrogen) atoms. The van der Waals surface area contributed by atoms with Gasteiger partial charge in [0.15, 0.2) is 12.4 Å². The Balaban J connectivity index is 1.37. The molecule has 1 aromatic heterocycles. The minimum absolute atomic E-state index is 0.238. The van der Waals surface area contributed by atoms with Crippen LogP contribution in [0.15, 0.2) is 85.1 Å². The summed E-state index contributed by atoms with van der Waals surface area (Å²) in [6.45, 7) is 4.30. The summed E-state index contributed by atoms with van der Waals surface area (Å²) < 4.78 is 7.39. The Hall–Kier alpha value is -3.86. The van der Waals surface area contributed by atoms with Crippen LogP contribution in [0, 0.1) is 13.8 Å². The van der Waals surface area contributed by atoms with Crippen molar-refractivity contribution < 1.29 is 9.53 Å². The molecule has 0 spiro atoms. The number of amides is 1. The molecule has 0 aliphatic rings. The zero-order chi connectivity index (χ0) is 20.9. The molecule has 0 bridgehead atoms. The molecule has 0 saturated heterocycles. The van der Waals surface area contributed by atoms with Crippen molar-refractivity contribution >= 4 is 11.6 Å². The predicted octanol–water partition coefficient (Wildman–Crippen LogP) is 5.46. The van der Waals surface area contributed by atoms with Crippen LogP contribution in [0.1, 0.15) is 21.6 Å². The van der Waals surface area contributed by atoms with Gasteiger partial charge in [0.05, 0.1) is 0 Å². The van der Waals surface area contributed by atoms with Crippen molar-refractivity contribution in [2.24, 2.45) is 0 Å². The Bertz CT molecular complexity index is 1130. The number of nitrogens with zero attached hydrogens (tertiary/aromatic N) is 2. The maximum absolute atomic E-state index is 12.5. The van der Waals surface area contributed by atoms with Crippen molar-refractivity contribution in [1.82, 2.24) is 9.78 Å². The Morgan fingerprint density at radius 3 is 2.27 bits per heavy atom. The third kappa shape index (κ3) is 4.75. The smallest absolute Gasteiger partial charge is 0.276 e. The van der Waals surface area contributed by atoms with Gasteiger partial charge in [0.2, 0.25) is 0 Å². The summed E-state index contributed by atoms with van der Waals surface area (Å²) in [6.07, 6.45) is 1.73. The number of anilines is 1. The van der Waals surface area contributed by atoms with E-state index in [9.17, 15) is 4.79 Å². The fourth-order valence-electron chi connectivity index (χ4n) is 3.28. The summed E-state index contributed by atoms with van der Waals surface area (Å²) in [5.74, 6) is 0.528. The van der Waals surface area contributed by atoms with Crippen LogP contribution in [0.3, 0.4) is 0 Å². The number of hydrogen-bond acceptors (Lipinski definition) is 3. The Kier molecular flexibility index (Phi) is 5.61. The average molecular weight is 397 g/mol. The number of carbonyl (C=O) groups excluding carboxylic acids is 1. The van der Waals surface area contributed by atoms with Crippen molar-refractivity contribution in [3.63, 3.8) is 0 Å². The normalized spacial score (nSPS) is 10.6. The van der Waals surface area contributed by atoms with E-state index < -0.39 is 0 Å². The van der Waals surface area contributed by atoms with Gasteiger partial charge in [-0.15, -0.1) is 0 Å². The third-order valence-electron chi connectivity index (χ3n) is 4.68. The molecule has 1 heterocycles. The quantitative estimate of drug-likeness (QED) is 0.470. The van der Waals surface area contributed by atoms with Crippen molar-refractivity contribution in [1.29, 1.82) is 0 Å². The van der Waals surface area contributed by atoms with Gasteiger partial charge in [0, 0.05) is 11.9 Å². The highest BCUT2D eigenvalue weighted by Gasteiger charge is 2.10. The molecule has 150 valence electrons. The number of rotatable bonds is 6. The van der Waals surface area contributed by atoms with E-state index >= 15 is 0 Å². The molecule has 5 nitrogen and oxygen atoms in total. The molecule has 1 N–H and O–H groups in total. The van der Waals surface area contributed by atoms with Gasteiger partial charge in [-0.2, -0.15) is 5.10 Å². The third-order valence-corrected chi connectivity index (χ3v) is 4.68. The molecule has 0 fully saturated rings. The second kappa shape index (κ2) is 8.66. The van der Waals surface area contributed by atoms with E-state index in [0.717, 1.165) is 33.7 Å². The molecule has 4 aromatic rings. The molecule has 0 unspecified atom stereocenters. The highest BCUT2D eigenvalue weighted by Crippen LogP contribution is 2.21. The molecule has 0 saturated carbocycles. The van der Waals surface area contributed by atoms with Gasteiger partial charge in [-0.1, -0.05) is 48.5 Å². The lowest BCUT2D eigenvalue weighted by atomic mass is 10.1. The van der Waals surface area contributed by atoms with Gasteiger partial charge in [0.1, 0.15) is 5.75 Å². The molecular weight excluding hydrogens is 374 g/mol. The van der Waals surface area contributed by atoms with Crippen molar-refractivity contribution in [2.75, 3.05) is 5.32 Å². The fourth-order valence-corrected chi connectivity index (χ4v) is 3.28. The average Bonchev–Trinajstić information content (AvgIpc) is 3.22. The second-order valence-electron chi connectivity index (χ2n) is 7.23. The first kappa shape index (κ1) is 19.5. The van der Waals surface area contributed by atoms with Gasteiger partial charge in [-0.3, -0.25) is 4.79 Å². The zero-order valence-electron chi connectivity index (χ0n) is 17.0. The van der Waals surface area contributed by atoms with E-state index in [1.165, 1.54) is 0 Å². The maximum atomic E-state index is 12.5. The second-order valence-corrected chi connectivity index (χ2v) is 7.23. The lowest BCUT2D eigenvalue weighted by molar-refractivity contribution is 0.102. The van der Waals surface area contributed by atoms with Crippen molar-refractivity contribution in [3.8, 4) is 16.9 Å². The van der Waals surface area contributed by atoms with Crippen LogP contribution >= 0.6 is 0 Å². The summed E-state index contributed by atoms with van der Waals surface area (Å²) >= 11 is 0. The van der Waals surface area contributed by atoms with E-state index in [2.05, 4.69) is 28.6 Å². The summed E-state index contributed by atoms with van der Waals surface area (Å²) in [5, 5.41) is 7.19. The number of ether oxygens (including phenoxy) is 1. The van der Waals surface area contributed by atoms with E-state index in [0.29, 0.717) is 5.69 Å². The highest BCUT2D eigenvalue weighted by atomic mass is 16.5. The molecule has 1 amide bonds. The molecule has 0 radical (unpaired) electrons. The minimum atomic E-state index is -0.257. The molecular formula is C25H23N3O2. The van der Waals surface area contributed by atoms with E-state index in [-0.39, 0.29) is 12.6 Å². The summed E-state index contributed by atoms with van der Waals surface area (Å²) in [6, 6.07) is 25.6. The van der Waals surface area contributed by atoms with Crippen molar-refractivity contribution in [3.05, 3.63) is 102 Å². The summed E-state index contributed by atoms with van der Waals surface area (Å²) in [4.78, 5) is 12.5. The predicted molar refractivity (Wildman–Crippen MR) is 119 cm³/mol. The van der Waals surface area contributed by atoms with Crippen LogP contribution < -0.4 is 10.1 Å². The van der Waals surface area contributed by atoms with Crippen molar-refractivity contribution in [2.45, 2.75) is 20.6 Å². The van der Waals surface area contributed by atoms with E-state index in [4.69, 9.17) is 4.74 Å². The molecule has 0 atom stereocenters. The number of benzene rings is 3. The number of carbonyl (C=O) groups is 1. The topological polar surface area (TPSA) is 56.1 Å². The first-order valence-corrected chi connectivity index (χ1v) is 9.78. The number of aromatic nitrogens is 2. The minimum Gasteiger partial charge on any atom is -0.471 e. The van der Waals surface area contributed by atoms with Crippen LogP contribution in [0.2, 0.25) is 0 Å². The Labute approximate surface area is 175 Å². The molecule has 5 heteroatoms. The van der Waals surface area contributed by atoms with Gasteiger partial charge < -0.3 is 10.1 Å². The SMILES string of the molecule is Cc1cc(C)cc(OCn2ccc(C(=O)Nc3ccc(-c4ccccc4)cc3)n2)c1. The first-order chi connectivity index (χ1) is 14.6. The van der Waals surface area contributed by atoms with Crippen LogP contribution in [0.5, 0.6) is 5.75 Å². The summed E-state index contributed by atoms with van der Waals surface area (Å²) in [7, 11) is 0. The van der Waals surface area contributed by atoms with E-state index in [1.54, 1.807) is 16.9 Å². The number of hydrogen-bond donors (Lipinski definition) is 1. The maximum Gasteiger partial charge on any atom is 0.276 e. The molecule has 0 aliphatic heterocycles. The largest absolute Gasteiger partial charge is 0.471 e. The van der Waals surface area contributed by atoms with Gasteiger partial charge in [-0.25, -0.2) is 4.68 Å². The van der Waals surface area contributed by atoms with Crippen LogP contribution in [-0.4, -0.2) is 15.7 Å².